The van der Waals surface area contributed by atoms with E-state index in [-0.39, 0.29) is 6.61 Å². The zero-order valence-electron chi connectivity index (χ0n) is 22.7. The molecule has 216 valence electrons. The SMILES string of the molecule is COC1(c2ccc(Cl)c(COc3ccccc3)c2)OC(COC(C)=O)C(OC(C)=O)C(OC(C)=O)C1OC(C)=O. The number of rotatable bonds is 10. The fourth-order valence-corrected chi connectivity index (χ4v) is 4.53. The van der Waals surface area contributed by atoms with Crippen LogP contribution in [-0.4, -0.2) is 62.0 Å². The zero-order valence-corrected chi connectivity index (χ0v) is 23.5. The van der Waals surface area contributed by atoms with Crippen LogP contribution in [0.15, 0.2) is 48.5 Å². The second kappa shape index (κ2) is 13.6. The highest BCUT2D eigenvalue weighted by Crippen LogP contribution is 2.44. The maximum Gasteiger partial charge on any atom is 0.303 e. The van der Waals surface area contributed by atoms with Gasteiger partial charge >= 0.3 is 23.9 Å². The fourth-order valence-electron chi connectivity index (χ4n) is 4.36. The molecule has 0 bridgehead atoms. The molecule has 12 heteroatoms. The largest absolute Gasteiger partial charge is 0.489 e. The van der Waals surface area contributed by atoms with E-state index in [2.05, 4.69) is 0 Å². The second-order valence-corrected chi connectivity index (χ2v) is 9.32. The minimum atomic E-state index is -1.93. The van der Waals surface area contributed by atoms with E-state index in [1.54, 1.807) is 30.3 Å². The molecule has 0 aliphatic carbocycles. The highest BCUT2D eigenvalue weighted by Gasteiger charge is 2.61. The van der Waals surface area contributed by atoms with Crippen LogP contribution in [0.5, 0.6) is 5.75 Å². The maximum absolute atomic E-state index is 12.3. The zero-order chi connectivity index (χ0) is 29.4. The van der Waals surface area contributed by atoms with Gasteiger partial charge in [-0.05, 0) is 24.3 Å². The molecule has 0 aromatic heterocycles. The Kier molecular flexibility index (Phi) is 10.5. The van der Waals surface area contributed by atoms with Crippen LogP contribution in [0.2, 0.25) is 5.02 Å². The smallest absolute Gasteiger partial charge is 0.303 e. The van der Waals surface area contributed by atoms with Gasteiger partial charge in [0.1, 0.15) is 25.1 Å². The van der Waals surface area contributed by atoms with Gasteiger partial charge in [0.25, 0.3) is 0 Å². The predicted molar refractivity (Wildman–Crippen MR) is 139 cm³/mol. The molecule has 40 heavy (non-hydrogen) atoms. The molecule has 2 aromatic rings. The number of esters is 4. The third kappa shape index (κ3) is 7.50. The Labute approximate surface area is 236 Å². The summed E-state index contributed by atoms with van der Waals surface area (Å²) in [6.45, 7) is 4.29. The first-order chi connectivity index (χ1) is 19.0. The number of benzene rings is 2. The average molecular weight is 579 g/mol. The van der Waals surface area contributed by atoms with Crippen molar-refractivity contribution in [1.82, 2.24) is 0 Å². The van der Waals surface area contributed by atoms with Gasteiger partial charge in [-0.1, -0.05) is 35.9 Å². The standard InChI is InChI=1S/C28H31ClO11/c1-16(30)35-15-24-25(37-17(2)31)26(38-18(3)32)27(39-19(4)33)28(34-5,40-24)21-11-12-23(29)20(13-21)14-36-22-9-7-6-8-10-22/h6-13,24-27H,14-15H2,1-5H3. The van der Waals surface area contributed by atoms with Gasteiger partial charge in [-0.15, -0.1) is 0 Å². The maximum atomic E-state index is 12.3. The van der Waals surface area contributed by atoms with Crippen LogP contribution in [0.4, 0.5) is 0 Å². The lowest BCUT2D eigenvalue weighted by atomic mass is 9.86. The molecule has 0 N–H and O–H groups in total. The number of carbonyl (C=O) groups is 4. The van der Waals surface area contributed by atoms with Crippen molar-refractivity contribution in [3.63, 3.8) is 0 Å². The minimum Gasteiger partial charge on any atom is -0.489 e. The van der Waals surface area contributed by atoms with E-state index in [4.69, 9.17) is 44.8 Å². The molecule has 5 unspecified atom stereocenters. The molecule has 0 radical (unpaired) electrons. The van der Waals surface area contributed by atoms with Crippen LogP contribution in [0.1, 0.15) is 38.8 Å². The van der Waals surface area contributed by atoms with Gasteiger partial charge < -0.3 is 33.2 Å². The fraction of sp³-hybridized carbons (Fsp3) is 0.429. The van der Waals surface area contributed by atoms with Crippen molar-refractivity contribution in [3.05, 3.63) is 64.7 Å². The lowest BCUT2D eigenvalue weighted by Gasteiger charge is -2.50. The topological polar surface area (TPSA) is 133 Å². The van der Waals surface area contributed by atoms with Crippen molar-refractivity contribution in [1.29, 1.82) is 0 Å². The quantitative estimate of drug-likeness (QED) is 0.303. The first-order valence-corrected chi connectivity index (χ1v) is 12.7. The van der Waals surface area contributed by atoms with Crippen LogP contribution in [0.3, 0.4) is 0 Å². The van der Waals surface area contributed by atoms with Crippen LogP contribution in [0, 0.1) is 0 Å². The van der Waals surface area contributed by atoms with Crippen molar-refractivity contribution >= 4 is 35.5 Å². The van der Waals surface area contributed by atoms with Gasteiger partial charge in [-0.25, -0.2) is 0 Å². The third-order valence-corrected chi connectivity index (χ3v) is 6.30. The number of halogens is 1. The number of para-hydroxylation sites is 1. The van der Waals surface area contributed by atoms with Gasteiger partial charge in [0.15, 0.2) is 12.2 Å². The Morgan fingerprint density at radius 1 is 0.850 bits per heavy atom. The number of methoxy groups -OCH3 is 1. The number of hydrogen-bond donors (Lipinski definition) is 0. The van der Waals surface area contributed by atoms with E-state index in [0.717, 1.165) is 20.8 Å². The Balaban J connectivity index is 2.14. The Hall–Kier alpha value is -3.67. The van der Waals surface area contributed by atoms with E-state index < -0.39 is 60.7 Å². The van der Waals surface area contributed by atoms with Crippen molar-refractivity contribution in [3.8, 4) is 5.75 Å². The summed E-state index contributed by atoms with van der Waals surface area (Å²) < 4.78 is 39.8. The summed E-state index contributed by atoms with van der Waals surface area (Å²) in [6.07, 6.45) is -5.43. The van der Waals surface area contributed by atoms with Crippen molar-refractivity contribution in [2.24, 2.45) is 0 Å². The minimum absolute atomic E-state index is 0.0645. The highest BCUT2D eigenvalue weighted by molar-refractivity contribution is 6.31. The van der Waals surface area contributed by atoms with Crippen molar-refractivity contribution in [2.45, 2.75) is 64.5 Å². The summed E-state index contributed by atoms with van der Waals surface area (Å²) >= 11 is 6.47. The van der Waals surface area contributed by atoms with E-state index in [0.29, 0.717) is 21.9 Å². The molecule has 1 aliphatic rings. The summed E-state index contributed by atoms with van der Waals surface area (Å²) in [5.74, 6) is -4.21. The van der Waals surface area contributed by atoms with E-state index >= 15 is 0 Å². The lowest BCUT2D eigenvalue weighted by Crippen LogP contribution is -2.67. The summed E-state index contributed by atoms with van der Waals surface area (Å²) in [5.41, 5.74) is 0.843. The molecule has 1 heterocycles. The number of ether oxygens (including phenoxy) is 7. The van der Waals surface area contributed by atoms with Gasteiger partial charge in [0, 0.05) is 51.0 Å². The van der Waals surface area contributed by atoms with Gasteiger partial charge in [-0.3, -0.25) is 19.2 Å². The first kappa shape index (κ1) is 30.9. The van der Waals surface area contributed by atoms with Gasteiger partial charge in [0.05, 0.1) is 0 Å². The van der Waals surface area contributed by atoms with Crippen LogP contribution < -0.4 is 4.74 Å². The molecule has 0 saturated carbocycles. The number of carbonyl (C=O) groups excluding carboxylic acids is 4. The van der Waals surface area contributed by atoms with Crippen LogP contribution in [0.25, 0.3) is 0 Å². The van der Waals surface area contributed by atoms with E-state index in [1.807, 2.05) is 18.2 Å². The first-order valence-electron chi connectivity index (χ1n) is 12.3. The van der Waals surface area contributed by atoms with Crippen LogP contribution in [-0.2, 0) is 60.0 Å². The predicted octanol–water partition coefficient (Wildman–Crippen LogP) is 3.48. The second-order valence-electron chi connectivity index (χ2n) is 8.92. The summed E-state index contributed by atoms with van der Waals surface area (Å²) in [7, 11) is 1.30. The monoisotopic (exact) mass is 578 g/mol. The highest BCUT2D eigenvalue weighted by atomic mass is 35.5. The average Bonchev–Trinajstić information content (AvgIpc) is 2.89. The molecule has 1 fully saturated rings. The molecule has 1 saturated heterocycles. The molecule has 0 amide bonds. The van der Waals surface area contributed by atoms with E-state index in [9.17, 15) is 19.2 Å². The van der Waals surface area contributed by atoms with Gasteiger partial charge in [-0.2, -0.15) is 0 Å². The summed E-state index contributed by atoms with van der Waals surface area (Å²) in [6, 6.07) is 13.9. The molecule has 5 atom stereocenters. The Morgan fingerprint density at radius 3 is 2.05 bits per heavy atom. The van der Waals surface area contributed by atoms with Crippen molar-refractivity contribution < 1.29 is 52.3 Å². The lowest BCUT2D eigenvalue weighted by molar-refractivity contribution is -0.367. The van der Waals surface area contributed by atoms with Gasteiger partial charge in [0.2, 0.25) is 11.9 Å². The number of hydrogen-bond acceptors (Lipinski definition) is 11. The van der Waals surface area contributed by atoms with E-state index in [1.165, 1.54) is 14.0 Å². The Bertz CT molecular complexity index is 1220. The Morgan fingerprint density at radius 2 is 1.48 bits per heavy atom. The molecule has 0 spiro atoms. The van der Waals surface area contributed by atoms with Crippen molar-refractivity contribution in [2.75, 3.05) is 13.7 Å². The normalized spacial score (nSPS) is 23.9. The summed E-state index contributed by atoms with van der Waals surface area (Å²) in [5, 5.41) is 0.372. The third-order valence-electron chi connectivity index (χ3n) is 5.93. The van der Waals surface area contributed by atoms with Crippen LogP contribution >= 0.6 is 11.6 Å². The molecule has 2 aromatic carbocycles. The summed E-state index contributed by atoms with van der Waals surface area (Å²) in [4.78, 5) is 48.2. The molecule has 1 aliphatic heterocycles. The molecule has 3 rings (SSSR count). The molecular weight excluding hydrogens is 548 g/mol. The molecular formula is C28H31ClO11. The molecule has 11 nitrogen and oxygen atoms in total.